The molecule has 0 aromatic heterocycles. The Hall–Kier alpha value is -1.84. The molecular weight excluding hydrogens is 264 g/mol. The Balaban J connectivity index is 1.84. The Bertz CT molecular complexity index is 488. The van der Waals surface area contributed by atoms with Gasteiger partial charge in [-0.05, 0) is 44.7 Å². The molecule has 0 spiro atoms. The molecule has 1 heterocycles. The molecule has 4 nitrogen and oxygen atoms in total. The minimum Gasteiger partial charge on any atom is -0.356 e. The fraction of sp³-hybridized carbons (Fsp3) is 0.529. The first-order valence-electron chi connectivity index (χ1n) is 7.72. The Kier molecular flexibility index (Phi) is 5.37. The number of carbonyl (C=O) groups is 2. The number of likely N-dealkylation sites (tertiary alicyclic amines) is 1. The van der Waals surface area contributed by atoms with Crippen LogP contribution in [0.3, 0.4) is 0 Å². The molecule has 2 amide bonds. The van der Waals surface area contributed by atoms with Gasteiger partial charge in [-0.3, -0.25) is 9.59 Å². The van der Waals surface area contributed by atoms with E-state index in [1.807, 2.05) is 43.0 Å². The molecule has 1 aliphatic rings. The van der Waals surface area contributed by atoms with E-state index >= 15 is 0 Å². The second kappa shape index (κ2) is 7.25. The molecule has 21 heavy (non-hydrogen) atoms. The summed E-state index contributed by atoms with van der Waals surface area (Å²) in [4.78, 5) is 25.9. The maximum atomic E-state index is 12.4. The van der Waals surface area contributed by atoms with Crippen LogP contribution >= 0.6 is 0 Å². The molecular formula is C17H24N2O2. The lowest BCUT2D eigenvalue weighted by molar-refractivity contribution is -0.122. The van der Waals surface area contributed by atoms with Crippen molar-refractivity contribution in [2.45, 2.75) is 33.1 Å². The number of nitrogens with one attached hydrogen (secondary N) is 1. The fourth-order valence-electron chi connectivity index (χ4n) is 2.75. The number of piperidine rings is 1. The van der Waals surface area contributed by atoms with E-state index in [4.69, 9.17) is 0 Å². The van der Waals surface area contributed by atoms with Crippen LogP contribution in [-0.2, 0) is 4.79 Å². The zero-order valence-corrected chi connectivity index (χ0v) is 12.9. The molecule has 2 rings (SSSR count). The number of nitrogens with zero attached hydrogens (tertiary/aromatic N) is 1. The predicted molar refractivity (Wildman–Crippen MR) is 83.1 cm³/mol. The third kappa shape index (κ3) is 4.31. The summed E-state index contributed by atoms with van der Waals surface area (Å²) in [7, 11) is 0. The molecule has 0 aliphatic carbocycles. The van der Waals surface area contributed by atoms with Gasteiger partial charge in [0.1, 0.15) is 0 Å². The summed E-state index contributed by atoms with van der Waals surface area (Å²) in [6, 6.07) is 7.71. The minimum absolute atomic E-state index is 0.103. The van der Waals surface area contributed by atoms with Gasteiger partial charge < -0.3 is 10.2 Å². The third-order valence-corrected chi connectivity index (χ3v) is 4.05. The first kappa shape index (κ1) is 15.5. The summed E-state index contributed by atoms with van der Waals surface area (Å²) in [5.41, 5.74) is 1.91. The van der Waals surface area contributed by atoms with Gasteiger partial charge in [-0.2, -0.15) is 0 Å². The average molecular weight is 288 g/mol. The quantitative estimate of drug-likeness (QED) is 0.924. The lowest BCUT2D eigenvalue weighted by Crippen LogP contribution is -2.39. The molecule has 0 unspecified atom stereocenters. The normalized spacial score (nSPS) is 15.8. The van der Waals surface area contributed by atoms with Crippen molar-refractivity contribution < 1.29 is 9.59 Å². The van der Waals surface area contributed by atoms with Crippen LogP contribution in [0.5, 0.6) is 0 Å². The fourth-order valence-corrected chi connectivity index (χ4v) is 2.75. The Labute approximate surface area is 126 Å². The lowest BCUT2D eigenvalue weighted by Gasteiger charge is -2.31. The van der Waals surface area contributed by atoms with Gasteiger partial charge in [-0.15, -0.1) is 0 Å². The van der Waals surface area contributed by atoms with Crippen LogP contribution in [0.1, 0.15) is 42.1 Å². The third-order valence-electron chi connectivity index (χ3n) is 4.05. The molecule has 1 fully saturated rings. The molecule has 0 saturated carbocycles. The van der Waals surface area contributed by atoms with Crippen molar-refractivity contribution in [3.63, 3.8) is 0 Å². The van der Waals surface area contributed by atoms with Gasteiger partial charge in [0.15, 0.2) is 0 Å². The second-order valence-electron chi connectivity index (χ2n) is 5.76. The summed E-state index contributed by atoms with van der Waals surface area (Å²) >= 11 is 0. The minimum atomic E-state index is 0.103. The van der Waals surface area contributed by atoms with E-state index in [1.165, 1.54) is 0 Å². The highest BCUT2D eigenvalue weighted by atomic mass is 16.2. The number of carbonyl (C=O) groups excluding carboxylic acids is 2. The highest BCUT2D eigenvalue weighted by molar-refractivity contribution is 5.94. The van der Waals surface area contributed by atoms with Crippen molar-refractivity contribution in [2.75, 3.05) is 19.6 Å². The molecule has 0 radical (unpaired) electrons. The van der Waals surface area contributed by atoms with Crippen molar-refractivity contribution in [3.8, 4) is 0 Å². The van der Waals surface area contributed by atoms with Crippen LogP contribution in [0.25, 0.3) is 0 Å². The maximum Gasteiger partial charge on any atom is 0.253 e. The van der Waals surface area contributed by atoms with E-state index in [9.17, 15) is 9.59 Å². The first-order chi connectivity index (χ1) is 10.1. The van der Waals surface area contributed by atoms with E-state index in [2.05, 4.69) is 5.32 Å². The van der Waals surface area contributed by atoms with Crippen LogP contribution < -0.4 is 5.32 Å². The van der Waals surface area contributed by atoms with E-state index in [1.54, 1.807) is 0 Å². The predicted octanol–water partition coefficient (Wildman–Crippen LogP) is 2.37. The van der Waals surface area contributed by atoms with E-state index in [-0.39, 0.29) is 11.8 Å². The van der Waals surface area contributed by atoms with E-state index in [0.717, 1.165) is 37.1 Å². The highest BCUT2D eigenvalue weighted by Crippen LogP contribution is 2.22. The van der Waals surface area contributed by atoms with Crippen molar-refractivity contribution in [1.29, 1.82) is 0 Å². The maximum absolute atomic E-state index is 12.4. The smallest absolute Gasteiger partial charge is 0.253 e. The van der Waals surface area contributed by atoms with Gasteiger partial charge in [0.25, 0.3) is 5.91 Å². The monoisotopic (exact) mass is 288 g/mol. The molecule has 4 heteroatoms. The van der Waals surface area contributed by atoms with Gasteiger partial charge in [0.05, 0.1) is 0 Å². The van der Waals surface area contributed by atoms with Crippen molar-refractivity contribution >= 4 is 11.8 Å². The van der Waals surface area contributed by atoms with Crippen LogP contribution in [0.2, 0.25) is 0 Å². The van der Waals surface area contributed by atoms with Crippen LogP contribution in [0.15, 0.2) is 24.3 Å². The molecule has 114 valence electrons. The van der Waals surface area contributed by atoms with Gasteiger partial charge in [-0.1, -0.05) is 17.7 Å². The molecule has 1 aromatic carbocycles. The summed E-state index contributed by atoms with van der Waals surface area (Å²) in [5, 5.41) is 2.84. The van der Waals surface area contributed by atoms with Crippen molar-refractivity contribution in [2.24, 2.45) is 5.92 Å². The number of hydrogen-bond acceptors (Lipinski definition) is 2. The number of amides is 2. The van der Waals surface area contributed by atoms with E-state index in [0.29, 0.717) is 18.9 Å². The van der Waals surface area contributed by atoms with Crippen LogP contribution in [-0.4, -0.2) is 36.3 Å². The molecule has 0 bridgehead atoms. The van der Waals surface area contributed by atoms with Crippen LogP contribution in [0, 0.1) is 12.8 Å². The van der Waals surface area contributed by atoms with E-state index < -0.39 is 0 Å². The highest BCUT2D eigenvalue weighted by Gasteiger charge is 2.24. The summed E-state index contributed by atoms with van der Waals surface area (Å²) in [6.07, 6.45) is 2.41. The Morgan fingerprint density at radius 1 is 1.19 bits per heavy atom. The van der Waals surface area contributed by atoms with Crippen molar-refractivity contribution in [1.82, 2.24) is 10.2 Å². The van der Waals surface area contributed by atoms with Crippen LogP contribution in [0.4, 0.5) is 0 Å². The van der Waals surface area contributed by atoms with Gasteiger partial charge in [-0.25, -0.2) is 0 Å². The molecule has 1 N–H and O–H groups in total. The number of benzene rings is 1. The van der Waals surface area contributed by atoms with Crippen molar-refractivity contribution in [3.05, 3.63) is 35.4 Å². The molecule has 1 aliphatic heterocycles. The zero-order valence-electron chi connectivity index (χ0n) is 12.9. The topological polar surface area (TPSA) is 49.4 Å². The Morgan fingerprint density at radius 3 is 2.38 bits per heavy atom. The largest absolute Gasteiger partial charge is 0.356 e. The summed E-state index contributed by atoms with van der Waals surface area (Å²) in [6.45, 7) is 6.12. The SMILES string of the molecule is CCNC(=O)CC1CCN(C(=O)c2ccc(C)cc2)CC1. The van der Waals surface area contributed by atoms with Gasteiger partial charge in [0, 0.05) is 31.6 Å². The summed E-state index contributed by atoms with van der Waals surface area (Å²) in [5.74, 6) is 0.630. The Morgan fingerprint density at radius 2 is 1.81 bits per heavy atom. The molecule has 1 saturated heterocycles. The summed E-state index contributed by atoms with van der Waals surface area (Å²) < 4.78 is 0. The number of aryl methyl sites for hydroxylation is 1. The number of rotatable bonds is 4. The number of hydrogen-bond donors (Lipinski definition) is 1. The molecule has 1 aromatic rings. The average Bonchev–Trinajstić information content (AvgIpc) is 2.48. The lowest BCUT2D eigenvalue weighted by atomic mass is 9.93. The molecule has 0 atom stereocenters. The standard InChI is InChI=1S/C17H24N2O2/c1-3-18-16(20)12-14-8-10-19(11-9-14)17(21)15-6-4-13(2)5-7-15/h4-7,14H,3,8-12H2,1-2H3,(H,18,20). The van der Waals surface area contributed by atoms with Gasteiger partial charge >= 0.3 is 0 Å². The zero-order chi connectivity index (χ0) is 15.2. The van der Waals surface area contributed by atoms with Gasteiger partial charge in [0.2, 0.25) is 5.91 Å². The first-order valence-corrected chi connectivity index (χ1v) is 7.72. The second-order valence-corrected chi connectivity index (χ2v) is 5.76.